The molecule has 0 bridgehead atoms. The van der Waals surface area contributed by atoms with Crippen LogP contribution in [0.1, 0.15) is 15.9 Å². The number of carbonyl (C=O) groups excluding carboxylic acids is 1. The first kappa shape index (κ1) is 20.7. The monoisotopic (exact) mass is 444 g/mol. The number of anilines is 4. The lowest BCUT2D eigenvalue weighted by Crippen LogP contribution is -2.36. The zero-order chi connectivity index (χ0) is 22.8. The van der Waals surface area contributed by atoms with Gasteiger partial charge in [-0.2, -0.15) is 0 Å². The summed E-state index contributed by atoms with van der Waals surface area (Å²) in [4.78, 5) is 28.0. The van der Waals surface area contributed by atoms with Gasteiger partial charge in [-0.25, -0.2) is 20.3 Å². The number of morpholine rings is 1. The predicted molar refractivity (Wildman–Crippen MR) is 124 cm³/mol. The molecule has 33 heavy (non-hydrogen) atoms. The lowest BCUT2D eigenvalue weighted by Gasteiger charge is -2.29. The van der Waals surface area contributed by atoms with E-state index in [2.05, 4.69) is 30.5 Å². The molecular weight excluding hydrogens is 422 g/mol. The molecule has 3 aromatic rings. The molecule has 2 aliphatic heterocycles. The van der Waals surface area contributed by atoms with Crippen LogP contribution in [0.15, 0.2) is 42.7 Å². The number of methoxy groups -OCH3 is 1. The highest BCUT2D eigenvalue weighted by molar-refractivity contribution is 6.05. The number of pyridine rings is 1. The molecule has 1 saturated heterocycles. The van der Waals surface area contributed by atoms with Gasteiger partial charge in [0.25, 0.3) is 11.8 Å². The minimum atomic E-state index is -0.361. The molecule has 1 fully saturated rings. The van der Waals surface area contributed by atoms with Gasteiger partial charge in [0.2, 0.25) is 0 Å². The van der Waals surface area contributed by atoms with E-state index in [1.807, 2.05) is 24.3 Å². The van der Waals surface area contributed by atoms with Crippen LogP contribution < -0.4 is 26.0 Å². The van der Waals surface area contributed by atoms with Gasteiger partial charge in [-0.3, -0.25) is 4.79 Å². The van der Waals surface area contributed by atoms with E-state index in [9.17, 15) is 4.79 Å². The number of aromatic nitrogens is 3. The summed E-state index contributed by atoms with van der Waals surface area (Å²) >= 11 is 0. The van der Waals surface area contributed by atoms with Gasteiger partial charge in [0.1, 0.15) is 11.5 Å². The molecule has 2 aromatic heterocycles. The molecule has 1 radical (unpaired) electrons. The van der Waals surface area contributed by atoms with Crippen molar-refractivity contribution in [3.8, 4) is 17.3 Å². The first-order valence-corrected chi connectivity index (χ1v) is 10.5. The summed E-state index contributed by atoms with van der Waals surface area (Å²) in [5.74, 6) is 0.422. The second-order valence-corrected chi connectivity index (χ2v) is 7.49. The van der Waals surface area contributed by atoms with E-state index in [0.29, 0.717) is 28.3 Å². The standard InChI is InChI=1S/C23H22N7O3/c1-32-23-20(24)26-13-18(29-23)17-12-14-6-7-25-22(31)19(14)21(28-17)27-15-2-4-16(5-3-15)30-8-10-33-11-9-30/h2-7,12-13H,8-11H2,1H3,(H2,24,26)(H,27,28). The van der Waals surface area contributed by atoms with Crippen molar-refractivity contribution in [1.82, 2.24) is 20.3 Å². The SMILES string of the molecule is COc1nc(-c2cc3c(c(Nc4ccc(N5CCOCC5)cc4)n2)C(=O)[N]C=C3)cnc1N. The van der Waals surface area contributed by atoms with Crippen LogP contribution in [0, 0.1) is 0 Å². The second kappa shape index (κ2) is 8.75. The van der Waals surface area contributed by atoms with Crippen LogP contribution in [0.3, 0.4) is 0 Å². The van der Waals surface area contributed by atoms with Crippen molar-refractivity contribution in [3.05, 3.63) is 53.9 Å². The Balaban J connectivity index is 1.50. The van der Waals surface area contributed by atoms with E-state index in [1.165, 1.54) is 19.5 Å². The van der Waals surface area contributed by atoms with Crippen molar-refractivity contribution >= 4 is 35.0 Å². The Morgan fingerprint density at radius 2 is 1.91 bits per heavy atom. The zero-order valence-corrected chi connectivity index (χ0v) is 18.0. The number of benzene rings is 1. The fourth-order valence-corrected chi connectivity index (χ4v) is 3.76. The molecule has 0 saturated carbocycles. The summed E-state index contributed by atoms with van der Waals surface area (Å²) in [6.45, 7) is 3.16. The fraction of sp³-hybridized carbons (Fsp3) is 0.217. The Bertz CT molecular complexity index is 1220. The number of hydrogen-bond donors (Lipinski definition) is 2. The maximum atomic E-state index is 12.6. The fourth-order valence-electron chi connectivity index (χ4n) is 3.76. The van der Waals surface area contributed by atoms with Crippen LogP contribution in [-0.4, -0.2) is 54.3 Å². The van der Waals surface area contributed by atoms with Crippen molar-refractivity contribution in [1.29, 1.82) is 0 Å². The van der Waals surface area contributed by atoms with Gasteiger partial charge in [0, 0.05) is 30.7 Å². The molecule has 5 rings (SSSR count). The lowest BCUT2D eigenvalue weighted by atomic mass is 10.0. The number of amides is 1. The highest BCUT2D eigenvalue weighted by atomic mass is 16.5. The molecule has 167 valence electrons. The van der Waals surface area contributed by atoms with E-state index < -0.39 is 0 Å². The summed E-state index contributed by atoms with van der Waals surface area (Å²) in [6, 6.07) is 9.75. The van der Waals surface area contributed by atoms with Crippen molar-refractivity contribution in [2.24, 2.45) is 0 Å². The number of nitrogen functional groups attached to an aromatic ring is 1. The van der Waals surface area contributed by atoms with E-state index in [-0.39, 0.29) is 17.6 Å². The second-order valence-electron chi connectivity index (χ2n) is 7.49. The van der Waals surface area contributed by atoms with Gasteiger partial charge in [-0.15, -0.1) is 0 Å². The highest BCUT2D eigenvalue weighted by Gasteiger charge is 2.23. The normalized spacial score (nSPS) is 15.1. The smallest absolute Gasteiger partial charge is 0.281 e. The predicted octanol–water partition coefficient (Wildman–Crippen LogP) is 2.44. The van der Waals surface area contributed by atoms with Crippen molar-refractivity contribution < 1.29 is 14.3 Å². The van der Waals surface area contributed by atoms with Gasteiger partial charge in [-0.05, 0) is 42.0 Å². The van der Waals surface area contributed by atoms with E-state index in [0.717, 1.165) is 37.7 Å². The van der Waals surface area contributed by atoms with E-state index in [4.69, 9.17) is 15.2 Å². The minimum Gasteiger partial charge on any atom is -0.478 e. The van der Waals surface area contributed by atoms with Crippen LogP contribution in [-0.2, 0) is 4.74 Å². The molecule has 3 N–H and O–H groups in total. The van der Waals surface area contributed by atoms with Crippen LogP contribution in [0.4, 0.5) is 23.0 Å². The van der Waals surface area contributed by atoms with Crippen molar-refractivity contribution in [2.75, 3.05) is 49.4 Å². The average Bonchev–Trinajstić information content (AvgIpc) is 2.85. The number of rotatable bonds is 5. The van der Waals surface area contributed by atoms with Gasteiger partial charge >= 0.3 is 0 Å². The summed E-state index contributed by atoms with van der Waals surface area (Å²) in [7, 11) is 1.47. The molecular formula is C23H22N7O3. The zero-order valence-electron chi connectivity index (χ0n) is 18.0. The van der Waals surface area contributed by atoms with Crippen molar-refractivity contribution in [3.63, 3.8) is 0 Å². The molecule has 0 spiro atoms. The van der Waals surface area contributed by atoms with Gasteiger partial charge in [-0.1, -0.05) is 0 Å². The molecule has 10 nitrogen and oxygen atoms in total. The number of ether oxygens (including phenoxy) is 2. The number of fused-ring (bicyclic) bond motifs is 1. The summed E-state index contributed by atoms with van der Waals surface area (Å²) in [5.41, 5.74) is 9.78. The highest BCUT2D eigenvalue weighted by Crippen LogP contribution is 2.31. The first-order chi connectivity index (χ1) is 16.1. The summed E-state index contributed by atoms with van der Waals surface area (Å²) < 4.78 is 10.6. The van der Waals surface area contributed by atoms with Gasteiger partial charge in [0.05, 0.1) is 37.8 Å². The minimum absolute atomic E-state index is 0.187. The Kier molecular flexibility index (Phi) is 5.49. The molecule has 0 aliphatic carbocycles. The molecule has 2 aliphatic rings. The maximum Gasteiger partial charge on any atom is 0.281 e. The third kappa shape index (κ3) is 4.15. The number of hydrogen-bond acceptors (Lipinski definition) is 9. The van der Waals surface area contributed by atoms with Crippen LogP contribution in [0.5, 0.6) is 5.88 Å². The third-order valence-corrected chi connectivity index (χ3v) is 5.44. The number of nitrogens with one attached hydrogen (secondary N) is 1. The Morgan fingerprint density at radius 3 is 2.67 bits per heavy atom. The molecule has 1 amide bonds. The Labute approximate surface area is 190 Å². The van der Waals surface area contributed by atoms with Gasteiger partial charge < -0.3 is 25.4 Å². The summed E-state index contributed by atoms with van der Waals surface area (Å²) in [5, 5.41) is 7.18. The Hall–Kier alpha value is -4.18. The van der Waals surface area contributed by atoms with E-state index in [1.54, 1.807) is 12.1 Å². The Morgan fingerprint density at radius 1 is 1.12 bits per heavy atom. The van der Waals surface area contributed by atoms with E-state index >= 15 is 0 Å². The largest absolute Gasteiger partial charge is 0.478 e. The van der Waals surface area contributed by atoms with Crippen molar-refractivity contribution in [2.45, 2.75) is 0 Å². The number of nitrogens with zero attached hydrogens (tertiary/aromatic N) is 5. The number of nitrogens with two attached hydrogens (primary N) is 1. The maximum absolute atomic E-state index is 12.6. The molecule has 0 unspecified atom stereocenters. The average molecular weight is 444 g/mol. The third-order valence-electron chi connectivity index (χ3n) is 5.44. The number of carbonyl (C=O) groups is 1. The quantitative estimate of drug-likeness (QED) is 0.609. The first-order valence-electron chi connectivity index (χ1n) is 10.5. The molecule has 10 heteroatoms. The van der Waals surface area contributed by atoms with Crippen LogP contribution >= 0.6 is 0 Å². The molecule has 0 atom stereocenters. The molecule has 1 aromatic carbocycles. The van der Waals surface area contributed by atoms with Gasteiger partial charge in [0.15, 0.2) is 5.82 Å². The van der Waals surface area contributed by atoms with Crippen LogP contribution in [0.25, 0.3) is 17.5 Å². The van der Waals surface area contributed by atoms with Crippen LogP contribution in [0.2, 0.25) is 0 Å². The topological polar surface area (TPSA) is 130 Å². The molecule has 4 heterocycles. The lowest BCUT2D eigenvalue weighted by molar-refractivity contribution is 0.0965. The summed E-state index contributed by atoms with van der Waals surface area (Å²) in [6.07, 6.45) is 4.76.